The normalized spacial score (nSPS) is 14.7. The molecule has 1 amide bonds. The highest BCUT2D eigenvalue weighted by Gasteiger charge is 2.22. The monoisotopic (exact) mass is 744 g/mol. The Morgan fingerprint density at radius 3 is 2.42 bits per heavy atom. The quantitative estimate of drug-likeness (QED) is 0.117. The summed E-state index contributed by atoms with van der Waals surface area (Å²) >= 11 is 14.2. The largest absolute Gasteiger partial charge is 0.481 e. The van der Waals surface area contributed by atoms with Crippen molar-refractivity contribution < 1.29 is 24.2 Å². The Kier molecular flexibility index (Phi) is 11.8. The number of pyridine rings is 2. The maximum atomic E-state index is 13.3. The molecule has 52 heavy (non-hydrogen) atoms. The Balaban J connectivity index is 1.24. The zero-order valence-corrected chi connectivity index (χ0v) is 30.1. The van der Waals surface area contributed by atoms with E-state index in [0.717, 1.165) is 28.7 Å². The minimum Gasteiger partial charge on any atom is -0.481 e. The molecule has 0 aliphatic carbocycles. The SMILES string of the molecule is COC(=O)[C@H](CCO)NCc1cnc2cc(-c3cccc(-c4cccc(-c5ccc(CNC[C@@H]6CCC(=O)N6)c(OC)n5)c4Cl)c3Cl)ccn2c1=O. The Morgan fingerprint density at radius 2 is 1.73 bits per heavy atom. The summed E-state index contributed by atoms with van der Waals surface area (Å²) < 4.78 is 11.8. The summed E-state index contributed by atoms with van der Waals surface area (Å²) in [5.41, 5.74) is 5.59. The van der Waals surface area contributed by atoms with Gasteiger partial charge in [0.05, 0.1) is 35.5 Å². The van der Waals surface area contributed by atoms with Crippen molar-refractivity contribution in [1.82, 2.24) is 30.3 Å². The number of aliphatic hydroxyl groups excluding tert-OH is 1. The summed E-state index contributed by atoms with van der Waals surface area (Å²) in [5.74, 6) is 0.0322. The van der Waals surface area contributed by atoms with Crippen LogP contribution in [0.1, 0.15) is 30.4 Å². The number of nitrogens with one attached hydrogen (secondary N) is 3. The molecule has 5 aromatic rings. The van der Waals surface area contributed by atoms with Crippen LogP contribution in [0.5, 0.6) is 5.88 Å². The Bertz CT molecular complexity index is 2180. The van der Waals surface area contributed by atoms with Crippen molar-refractivity contribution in [3.63, 3.8) is 0 Å². The molecule has 14 heteroatoms. The van der Waals surface area contributed by atoms with E-state index < -0.39 is 12.0 Å². The van der Waals surface area contributed by atoms with Gasteiger partial charge in [0.25, 0.3) is 5.56 Å². The highest BCUT2D eigenvalue weighted by molar-refractivity contribution is 6.39. The highest BCUT2D eigenvalue weighted by Crippen LogP contribution is 2.42. The van der Waals surface area contributed by atoms with Crippen LogP contribution in [0.3, 0.4) is 0 Å². The first-order valence-electron chi connectivity index (χ1n) is 16.8. The van der Waals surface area contributed by atoms with Gasteiger partial charge in [-0.2, -0.15) is 0 Å². The number of esters is 1. The van der Waals surface area contributed by atoms with Gasteiger partial charge in [-0.15, -0.1) is 0 Å². The van der Waals surface area contributed by atoms with Crippen molar-refractivity contribution in [2.75, 3.05) is 27.4 Å². The van der Waals surface area contributed by atoms with Crippen LogP contribution < -0.4 is 26.2 Å². The van der Waals surface area contributed by atoms with Gasteiger partial charge < -0.3 is 25.2 Å². The van der Waals surface area contributed by atoms with Gasteiger partial charge in [-0.25, -0.2) is 9.97 Å². The first kappa shape index (κ1) is 36.9. The smallest absolute Gasteiger partial charge is 0.322 e. The average molecular weight is 746 g/mol. The van der Waals surface area contributed by atoms with Crippen LogP contribution in [0.2, 0.25) is 10.0 Å². The third-order valence-corrected chi connectivity index (χ3v) is 9.84. The zero-order valence-electron chi connectivity index (χ0n) is 28.6. The molecule has 1 aliphatic heterocycles. The number of amides is 1. The van der Waals surface area contributed by atoms with Gasteiger partial charge in [0.1, 0.15) is 11.7 Å². The molecule has 0 saturated carbocycles. The van der Waals surface area contributed by atoms with Crippen LogP contribution >= 0.6 is 23.2 Å². The van der Waals surface area contributed by atoms with Crippen molar-refractivity contribution in [1.29, 1.82) is 0 Å². The number of hydrogen-bond donors (Lipinski definition) is 4. The number of benzene rings is 2. The summed E-state index contributed by atoms with van der Waals surface area (Å²) in [6.45, 7) is 1.04. The molecule has 1 fully saturated rings. The number of halogens is 2. The lowest BCUT2D eigenvalue weighted by atomic mass is 9.97. The van der Waals surface area contributed by atoms with Crippen LogP contribution in [-0.4, -0.2) is 70.8 Å². The molecule has 1 aliphatic rings. The molecule has 2 aromatic carbocycles. The maximum absolute atomic E-state index is 13.3. The average Bonchev–Trinajstić information content (AvgIpc) is 3.58. The van der Waals surface area contributed by atoms with Crippen molar-refractivity contribution in [3.05, 3.63) is 105 Å². The molecule has 0 unspecified atom stereocenters. The molecule has 12 nitrogen and oxygen atoms in total. The minimum absolute atomic E-state index is 0.0655. The second-order valence-corrected chi connectivity index (χ2v) is 13.1. The van der Waals surface area contributed by atoms with Crippen molar-refractivity contribution in [3.8, 4) is 39.4 Å². The second-order valence-electron chi connectivity index (χ2n) is 12.3. The summed E-state index contributed by atoms with van der Waals surface area (Å²) in [6, 6.07) is 18.1. The van der Waals surface area contributed by atoms with Gasteiger partial charge in [-0.3, -0.25) is 24.1 Å². The summed E-state index contributed by atoms with van der Waals surface area (Å²) in [4.78, 5) is 46.1. The molecule has 0 bridgehead atoms. The number of aromatic nitrogens is 3. The van der Waals surface area contributed by atoms with Crippen molar-refractivity contribution in [2.45, 2.75) is 44.4 Å². The molecule has 0 radical (unpaired) electrons. The number of hydrogen-bond acceptors (Lipinski definition) is 10. The first-order chi connectivity index (χ1) is 25.2. The van der Waals surface area contributed by atoms with E-state index in [1.54, 1.807) is 25.4 Å². The molecule has 3 aromatic heterocycles. The van der Waals surface area contributed by atoms with E-state index in [-0.39, 0.29) is 37.1 Å². The number of methoxy groups -OCH3 is 2. The molecule has 2 atom stereocenters. The lowest BCUT2D eigenvalue weighted by Gasteiger charge is -2.16. The van der Waals surface area contributed by atoms with E-state index in [1.165, 1.54) is 17.7 Å². The molecule has 6 rings (SSSR count). The number of carbonyl (C=O) groups excluding carboxylic acids is 2. The van der Waals surface area contributed by atoms with Crippen LogP contribution in [0.25, 0.3) is 39.2 Å². The first-order valence-corrected chi connectivity index (χ1v) is 17.5. The third-order valence-electron chi connectivity index (χ3n) is 9.02. The molecular formula is C38H38Cl2N6O6. The van der Waals surface area contributed by atoms with Gasteiger partial charge in [0, 0.05) is 78.9 Å². The zero-order chi connectivity index (χ0) is 36.8. The minimum atomic E-state index is -0.757. The predicted molar refractivity (Wildman–Crippen MR) is 199 cm³/mol. The molecule has 270 valence electrons. The molecule has 4 N–H and O–H groups in total. The maximum Gasteiger partial charge on any atom is 0.322 e. The van der Waals surface area contributed by atoms with Crippen molar-refractivity contribution >= 4 is 40.7 Å². The molecule has 0 spiro atoms. The number of nitrogens with zero attached hydrogens (tertiary/aromatic N) is 3. The lowest BCUT2D eigenvalue weighted by Crippen LogP contribution is -2.39. The Hall–Kier alpha value is -4.85. The number of rotatable bonds is 14. The number of fused-ring (bicyclic) bond motifs is 1. The van der Waals surface area contributed by atoms with E-state index in [0.29, 0.717) is 63.5 Å². The van der Waals surface area contributed by atoms with E-state index in [1.807, 2.05) is 48.5 Å². The summed E-state index contributed by atoms with van der Waals surface area (Å²) in [7, 11) is 2.84. The van der Waals surface area contributed by atoms with E-state index in [2.05, 4.69) is 20.9 Å². The molecule has 1 saturated heterocycles. The fourth-order valence-electron chi connectivity index (χ4n) is 6.25. The second kappa shape index (κ2) is 16.7. The number of aliphatic hydroxyl groups is 1. The van der Waals surface area contributed by atoms with E-state index in [9.17, 15) is 19.5 Å². The van der Waals surface area contributed by atoms with Crippen LogP contribution in [-0.2, 0) is 27.4 Å². The number of carbonyl (C=O) groups is 2. The van der Waals surface area contributed by atoms with Crippen molar-refractivity contribution in [2.24, 2.45) is 0 Å². The molecular weight excluding hydrogens is 707 g/mol. The van der Waals surface area contributed by atoms with E-state index >= 15 is 0 Å². The highest BCUT2D eigenvalue weighted by atomic mass is 35.5. The van der Waals surface area contributed by atoms with Gasteiger partial charge in [-0.05, 0) is 36.6 Å². The lowest BCUT2D eigenvalue weighted by molar-refractivity contribution is -0.143. The fourth-order valence-corrected chi connectivity index (χ4v) is 6.91. The van der Waals surface area contributed by atoms with Crippen LogP contribution in [0.4, 0.5) is 0 Å². The fraction of sp³-hybridized carbons (Fsp3) is 0.289. The van der Waals surface area contributed by atoms with Gasteiger partial charge >= 0.3 is 5.97 Å². The third kappa shape index (κ3) is 7.96. The summed E-state index contributed by atoms with van der Waals surface area (Å²) in [6.07, 6.45) is 4.62. The van der Waals surface area contributed by atoms with Crippen LogP contribution in [0.15, 0.2) is 77.9 Å². The summed E-state index contributed by atoms with van der Waals surface area (Å²) in [5, 5.41) is 19.5. The topological polar surface area (TPSA) is 156 Å². The predicted octanol–water partition coefficient (Wildman–Crippen LogP) is 4.79. The van der Waals surface area contributed by atoms with Crippen LogP contribution in [0, 0.1) is 0 Å². The Morgan fingerprint density at radius 1 is 1.00 bits per heavy atom. The standard InChI is InChI=1S/C38H38Cl2N6O6/c1-51-36-23(18-41-21-25-10-12-33(48)44-25)9-11-30(45-36)29-8-4-7-28(35(29)40)27-6-3-5-26(34(27)39)22-13-15-46-32(17-22)43-20-24(37(46)49)19-42-31(14-16-47)38(50)52-2/h3-9,11,13,15,17,20,25,31,41-42,47H,10,12,14,16,18-19,21H2,1-2H3,(H,44,48)/t25-,31-/m0/s1. The van der Waals surface area contributed by atoms with Gasteiger partial charge in [0.15, 0.2) is 0 Å². The Labute approximate surface area is 310 Å². The molecule has 4 heterocycles. The van der Waals surface area contributed by atoms with Gasteiger partial charge in [-0.1, -0.05) is 65.7 Å². The van der Waals surface area contributed by atoms with Gasteiger partial charge in [0.2, 0.25) is 11.8 Å². The number of ether oxygens (including phenoxy) is 2. The van der Waals surface area contributed by atoms with E-state index in [4.69, 9.17) is 37.7 Å².